The van der Waals surface area contributed by atoms with E-state index in [1.807, 2.05) is 24.3 Å². The molecule has 2 rings (SSSR count). The summed E-state index contributed by atoms with van der Waals surface area (Å²) in [6.45, 7) is 0.781. The SMILES string of the molecule is CN=C(NCCc1ccccc1OC)NCc1cc(F)ccc1F. The lowest BCUT2D eigenvalue weighted by atomic mass is 10.1. The van der Waals surface area contributed by atoms with Crippen LogP contribution in [-0.4, -0.2) is 26.7 Å². The smallest absolute Gasteiger partial charge is 0.191 e. The average molecular weight is 333 g/mol. The Morgan fingerprint density at radius 1 is 1.08 bits per heavy atom. The van der Waals surface area contributed by atoms with Gasteiger partial charge in [0, 0.05) is 25.7 Å². The second kappa shape index (κ2) is 8.86. The van der Waals surface area contributed by atoms with E-state index in [2.05, 4.69) is 15.6 Å². The van der Waals surface area contributed by atoms with Crippen LogP contribution in [0.1, 0.15) is 11.1 Å². The maximum absolute atomic E-state index is 13.6. The van der Waals surface area contributed by atoms with Crippen molar-refractivity contribution in [3.8, 4) is 5.75 Å². The number of nitrogens with one attached hydrogen (secondary N) is 2. The molecule has 24 heavy (non-hydrogen) atoms. The normalized spacial score (nSPS) is 11.2. The van der Waals surface area contributed by atoms with Crippen molar-refractivity contribution in [1.82, 2.24) is 10.6 Å². The molecule has 0 atom stereocenters. The van der Waals surface area contributed by atoms with Crippen LogP contribution in [0, 0.1) is 11.6 Å². The van der Waals surface area contributed by atoms with Gasteiger partial charge in [0.2, 0.25) is 0 Å². The highest BCUT2D eigenvalue weighted by Crippen LogP contribution is 2.17. The van der Waals surface area contributed by atoms with Crippen molar-refractivity contribution in [2.24, 2.45) is 4.99 Å². The van der Waals surface area contributed by atoms with Crippen molar-refractivity contribution in [2.45, 2.75) is 13.0 Å². The molecule has 0 aliphatic carbocycles. The zero-order valence-electron chi connectivity index (χ0n) is 13.8. The van der Waals surface area contributed by atoms with Crippen molar-refractivity contribution in [3.05, 3.63) is 65.2 Å². The number of hydrogen-bond acceptors (Lipinski definition) is 2. The van der Waals surface area contributed by atoms with Gasteiger partial charge >= 0.3 is 0 Å². The van der Waals surface area contributed by atoms with Crippen LogP contribution >= 0.6 is 0 Å². The monoisotopic (exact) mass is 333 g/mol. The van der Waals surface area contributed by atoms with E-state index in [9.17, 15) is 8.78 Å². The number of guanidine groups is 1. The Bertz CT molecular complexity index is 704. The summed E-state index contributed by atoms with van der Waals surface area (Å²) in [6, 6.07) is 11.2. The Morgan fingerprint density at radius 2 is 1.88 bits per heavy atom. The van der Waals surface area contributed by atoms with Gasteiger partial charge in [-0.1, -0.05) is 18.2 Å². The van der Waals surface area contributed by atoms with Crippen LogP contribution in [-0.2, 0) is 13.0 Å². The van der Waals surface area contributed by atoms with E-state index < -0.39 is 11.6 Å². The highest BCUT2D eigenvalue weighted by atomic mass is 19.1. The predicted octanol–water partition coefficient (Wildman–Crippen LogP) is 2.88. The van der Waals surface area contributed by atoms with Crippen molar-refractivity contribution in [2.75, 3.05) is 20.7 Å². The van der Waals surface area contributed by atoms with Crippen LogP contribution in [0.2, 0.25) is 0 Å². The van der Waals surface area contributed by atoms with Gasteiger partial charge in [0.25, 0.3) is 0 Å². The van der Waals surface area contributed by atoms with Gasteiger partial charge in [-0.3, -0.25) is 4.99 Å². The van der Waals surface area contributed by atoms with E-state index in [1.54, 1.807) is 14.2 Å². The first kappa shape index (κ1) is 17.7. The van der Waals surface area contributed by atoms with Crippen LogP contribution in [0.4, 0.5) is 8.78 Å². The molecule has 0 radical (unpaired) electrons. The first-order valence-electron chi connectivity index (χ1n) is 7.64. The largest absolute Gasteiger partial charge is 0.496 e. The zero-order valence-corrected chi connectivity index (χ0v) is 13.8. The van der Waals surface area contributed by atoms with Crippen LogP contribution in [0.15, 0.2) is 47.5 Å². The van der Waals surface area contributed by atoms with E-state index in [0.29, 0.717) is 12.5 Å². The summed E-state index contributed by atoms with van der Waals surface area (Å²) in [7, 11) is 3.26. The number of aliphatic imine (C=N–C) groups is 1. The van der Waals surface area contributed by atoms with E-state index in [1.165, 1.54) is 6.07 Å². The van der Waals surface area contributed by atoms with Gasteiger partial charge < -0.3 is 15.4 Å². The zero-order chi connectivity index (χ0) is 17.4. The molecule has 0 heterocycles. The first-order valence-corrected chi connectivity index (χ1v) is 7.64. The summed E-state index contributed by atoms with van der Waals surface area (Å²) in [5, 5.41) is 6.11. The molecule has 0 aliphatic heterocycles. The van der Waals surface area contributed by atoms with Gasteiger partial charge in [0.15, 0.2) is 5.96 Å². The molecule has 4 nitrogen and oxygen atoms in total. The molecule has 0 saturated carbocycles. The lowest BCUT2D eigenvalue weighted by Gasteiger charge is -2.13. The van der Waals surface area contributed by atoms with E-state index in [-0.39, 0.29) is 12.1 Å². The summed E-state index contributed by atoms with van der Waals surface area (Å²) in [5.74, 6) is 0.443. The summed E-state index contributed by atoms with van der Waals surface area (Å²) in [4.78, 5) is 4.08. The van der Waals surface area contributed by atoms with E-state index >= 15 is 0 Å². The molecule has 0 aromatic heterocycles. The third-order valence-corrected chi connectivity index (χ3v) is 3.56. The van der Waals surface area contributed by atoms with Gasteiger partial charge in [-0.05, 0) is 36.2 Å². The molecular formula is C18H21F2N3O. The molecule has 2 aromatic rings. The van der Waals surface area contributed by atoms with Gasteiger partial charge in [-0.2, -0.15) is 0 Å². The number of methoxy groups -OCH3 is 1. The standard InChI is InChI=1S/C18H21F2N3O/c1-21-18(23-12-14-11-15(19)7-8-16(14)20)22-10-9-13-5-3-4-6-17(13)24-2/h3-8,11H,9-10,12H2,1-2H3,(H2,21,22,23). The number of benzene rings is 2. The molecule has 6 heteroatoms. The Balaban J connectivity index is 1.85. The molecule has 128 valence electrons. The fourth-order valence-corrected chi connectivity index (χ4v) is 2.30. The summed E-state index contributed by atoms with van der Waals surface area (Å²) < 4.78 is 32.1. The number of rotatable bonds is 6. The molecular weight excluding hydrogens is 312 g/mol. The fraction of sp³-hybridized carbons (Fsp3) is 0.278. The Labute approximate surface area is 140 Å². The maximum atomic E-state index is 13.6. The molecule has 0 fully saturated rings. The average Bonchev–Trinajstić information content (AvgIpc) is 2.61. The molecule has 0 spiro atoms. The van der Waals surface area contributed by atoms with Crippen molar-refractivity contribution >= 4 is 5.96 Å². The van der Waals surface area contributed by atoms with Crippen molar-refractivity contribution in [3.63, 3.8) is 0 Å². The van der Waals surface area contributed by atoms with Gasteiger partial charge in [0.1, 0.15) is 17.4 Å². The van der Waals surface area contributed by atoms with Gasteiger partial charge in [-0.15, -0.1) is 0 Å². The quantitative estimate of drug-likeness (QED) is 0.631. The first-order chi connectivity index (χ1) is 11.6. The minimum atomic E-state index is -0.465. The summed E-state index contributed by atoms with van der Waals surface area (Å²) >= 11 is 0. The second-order valence-corrected chi connectivity index (χ2v) is 5.15. The molecule has 0 amide bonds. The fourth-order valence-electron chi connectivity index (χ4n) is 2.30. The molecule has 2 aromatic carbocycles. The Kier molecular flexibility index (Phi) is 6.54. The molecule has 2 N–H and O–H groups in total. The topological polar surface area (TPSA) is 45.7 Å². The molecule has 0 unspecified atom stereocenters. The minimum Gasteiger partial charge on any atom is -0.496 e. The summed E-state index contributed by atoms with van der Waals surface area (Å²) in [5.41, 5.74) is 1.34. The number of hydrogen-bond donors (Lipinski definition) is 2. The molecule has 0 aliphatic rings. The molecule has 0 saturated heterocycles. The van der Waals surface area contributed by atoms with Crippen LogP contribution in [0.25, 0.3) is 0 Å². The maximum Gasteiger partial charge on any atom is 0.191 e. The lowest BCUT2D eigenvalue weighted by molar-refractivity contribution is 0.409. The lowest BCUT2D eigenvalue weighted by Crippen LogP contribution is -2.38. The number of halogens is 2. The van der Waals surface area contributed by atoms with E-state index in [0.717, 1.165) is 29.9 Å². The van der Waals surface area contributed by atoms with Crippen molar-refractivity contribution in [1.29, 1.82) is 0 Å². The van der Waals surface area contributed by atoms with Crippen LogP contribution < -0.4 is 15.4 Å². The number of ether oxygens (including phenoxy) is 1. The van der Waals surface area contributed by atoms with E-state index in [4.69, 9.17) is 4.74 Å². The number of para-hydroxylation sites is 1. The molecule has 0 bridgehead atoms. The van der Waals surface area contributed by atoms with Crippen LogP contribution in [0.3, 0.4) is 0 Å². The van der Waals surface area contributed by atoms with Gasteiger partial charge in [0.05, 0.1) is 7.11 Å². The highest BCUT2D eigenvalue weighted by molar-refractivity contribution is 5.79. The second-order valence-electron chi connectivity index (χ2n) is 5.15. The Hall–Kier alpha value is -2.63. The summed E-state index contributed by atoms with van der Waals surface area (Å²) in [6.07, 6.45) is 0.749. The highest BCUT2D eigenvalue weighted by Gasteiger charge is 2.06. The third kappa shape index (κ3) is 4.94. The third-order valence-electron chi connectivity index (χ3n) is 3.56. The predicted molar refractivity (Wildman–Crippen MR) is 91.3 cm³/mol. The van der Waals surface area contributed by atoms with Crippen LogP contribution in [0.5, 0.6) is 5.75 Å². The number of nitrogens with zero attached hydrogens (tertiary/aromatic N) is 1. The van der Waals surface area contributed by atoms with Crippen molar-refractivity contribution < 1.29 is 13.5 Å². The van der Waals surface area contributed by atoms with Gasteiger partial charge in [-0.25, -0.2) is 8.78 Å². The Morgan fingerprint density at radius 3 is 2.62 bits per heavy atom. The minimum absolute atomic E-state index is 0.151.